The molecule has 1 heterocycles. The largest absolute Gasteiger partial charge is 0.416 e. The predicted molar refractivity (Wildman–Crippen MR) is 121 cm³/mol. The number of carbonyl (C=O) groups excluding carboxylic acids is 1. The normalized spacial score (nSPS) is 11.4. The highest BCUT2D eigenvalue weighted by Gasteiger charge is 2.30. The molecule has 5 nitrogen and oxygen atoms in total. The van der Waals surface area contributed by atoms with Gasteiger partial charge in [-0.2, -0.15) is 18.3 Å². The van der Waals surface area contributed by atoms with Crippen LogP contribution in [0.1, 0.15) is 21.5 Å². The van der Waals surface area contributed by atoms with Gasteiger partial charge in [0, 0.05) is 23.7 Å². The van der Waals surface area contributed by atoms with Gasteiger partial charge in [0.15, 0.2) is 0 Å². The number of carbonyl (C=O) groups is 1. The number of hydrogen-bond acceptors (Lipinski definition) is 3. The third-order valence-corrected chi connectivity index (χ3v) is 5.23. The number of nitrogens with two attached hydrogens (primary N) is 1. The van der Waals surface area contributed by atoms with Gasteiger partial charge in [0.1, 0.15) is 11.6 Å². The van der Waals surface area contributed by atoms with Crippen molar-refractivity contribution in [3.8, 4) is 16.9 Å². The van der Waals surface area contributed by atoms with Gasteiger partial charge < -0.3 is 11.1 Å². The molecule has 4 aromatic rings. The average Bonchev–Trinajstić information content (AvgIpc) is 3.21. The van der Waals surface area contributed by atoms with Crippen LogP contribution in [0.25, 0.3) is 16.9 Å². The third kappa shape index (κ3) is 5.09. The Hall–Kier alpha value is -4.14. The van der Waals surface area contributed by atoms with Crippen LogP contribution in [0.3, 0.4) is 0 Å². The summed E-state index contributed by atoms with van der Waals surface area (Å²) in [6.45, 7) is 0.272. The second-order valence-corrected chi connectivity index (χ2v) is 7.59. The van der Waals surface area contributed by atoms with Gasteiger partial charge >= 0.3 is 6.18 Å². The molecule has 9 heteroatoms. The number of nitrogens with one attached hydrogen (secondary N) is 1. The summed E-state index contributed by atoms with van der Waals surface area (Å²) in [5, 5.41) is 7.07. The van der Waals surface area contributed by atoms with Crippen LogP contribution in [0.5, 0.6) is 0 Å². The smallest absolute Gasteiger partial charge is 0.384 e. The van der Waals surface area contributed by atoms with E-state index in [0.717, 1.165) is 12.1 Å². The fourth-order valence-electron chi connectivity index (χ4n) is 3.47. The summed E-state index contributed by atoms with van der Waals surface area (Å²) in [5.74, 6) is -0.405. The molecule has 0 aliphatic heterocycles. The van der Waals surface area contributed by atoms with Crippen molar-refractivity contribution in [3.05, 3.63) is 101 Å². The van der Waals surface area contributed by atoms with E-state index in [4.69, 9.17) is 5.73 Å². The summed E-state index contributed by atoms with van der Waals surface area (Å²) >= 11 is 0. The average molecular weight is 468 g/mol. The van der Waals surface area contributed by atoms with E-state index < -0.39 is 11.7 Å². The Morgan fingerprint density at radius 1 is 0.971 bits per heavy atom. The lowest BCUT2D eigenvalue weighted by molar-refractivity contribution is -0.137. The van der Waals surface area contributed by atoms with E-state index in [2.05, 4.69) is 10.4 Å². The number of nitrogen functional groups attached to an aromatic ring is 1. The second kappa shape index (κ2) is 9.38. The van der Waals surface area contributed by atoms with Gasteiger partial charge in [0.2, 0.25) is 0 Å². The molecule has 0 radical (unpaired) electrons. The van der Waals surface area contributed by atoms with E-state index >= 15 is 0 Å². The quantitative estimate of drug-likeness (QED) is 0.380. The number of hydrogen-bond donors (Lipinski definition) is 2. The monoisotopic (exact) mass is 468 g/mol. The molecule has 3 aromatic carbocycles. The van der Waals surface area contributed by atoms with Crippen molar-refractivity contribution in [1.82, 2.24) is 15.1 Å². The highest BCUT2D eigenvalue weighted by Crippen LogP contribution is 2.32. The molecular formula is C25H20F4N4O. The molecular weight excluding hydrogens is 448 g/mol. The van der Waals surface area contributed by atoms with Gasteiger partial charge in [-0.25, -0.2) is 9.07 Å². The Morgan fingerprint density at radius 2 is 1.71 bits per heavy atom. The van der Waals surface area contributed by atoms with Gasteiger partial charge in [0.25, 0.3) is 5.91 Å². The highest BCUT2D eigenvalue weighted by molar-refractivity contribution is 5.94. The lowest BCUT2D eigenvalue weighted by Gasteiger charge is -2.08. The number of aromatic nitrogens is 2. The Bertz CT molecular complexity index is 1310. The molecule has 0 saturated heterocycles. The van der Waals surface area contributed by atoms with Gasteiger partial charge in [0.05, 0.1) is 16.9 Å². The number of alkyl halides is 3. The van der Waals surface area contributed by atoms with Crippen LogP contribution in [0.2, 0.25) is 0 Å². The van der Waals surface area contributed by atoms with Crippen LogP contribution in [0.4, 0.5) is 23.4 Å². The van der Waals surface area contributed by atoms with E-state index in [1.165, 1.54) is 28.9 Å². The Labute approximate surface area is 192 Å². The molecule has 0 fully saturated rings. The van der Waals surface area contributed by atoms with Gasteiger partial charge in [-0.3, -0.25) is 4.79 Å². The van der Waals surface area contributed by atoms with Crippen LogP contribution in [0.15, 0.2) is 78.9 Å². The van der Waals surface area contributed by atoms with Crippen molar-refractivity contribution in [2.45, 2.75) is 12.6 Å². The zero-order valence-corrected chi connectivity index (χ0v) is 17.8. The minimum Gasteiger partial charge on any atom is -0.384 e. The molecule has 4 rings (SSSR count). The first-order valence-electron chi connectivity index (χ1n) is 10.4. The molecule has 0 aliphatic rings. The number of amides is 1. The molecule has 0 unspecified atom stereocenters. The van der Waals surface area contributed by atoms with Crippen molar-refractivity contribution >= 4 is 11.7 Å². The second-order valence-electron chi connectivity index (χ2n) is 7.59. The minimum absolute atomic E-state index is 0.231. The summed E-state index contributed by atoms with van der Waals surface area (Å²) in [7, 11) is 0. The molecule has 3 N–H and O–H groups in total. The number of benzene rings is 3. The molecule has 1 amide bonds. The van der Waals surface area contributed by atoms with Crippen molar-refractivity contribution in [2.24, 2.45) is 0 Å². The van der Waals surface area contributed by atoms with Crippen molar-refractivity contribution in [2.75, 3.05) is 12.3 Å². The summed E-state index contributed by atoms with van der Waals surface area (Å²) in [5.41, 5.74) is 7.28. The molecule has 174 valence electrons. The Morgan fingerprint density at radius 3 is 2.41 bits per heavy atom. The standard InChI is InChI=1S/C25H20F4N4O/c26-21-7-2-1-4-16(21)12-13-31-24(34)17-8-10-20(11-9-17)33-23(30)15-22(32-33)18-5-3-6-19(14-18)25(27,28)29/h1-11,14-15H,12-13,30H2,(H,31,34). The highest BCUT2D eigenvalue weighted by atomic mass is 19.4. The number of rotatable bonds is 6. The lowest BCUT2D eigenvalue weighted by Crippen LogP contribution is -2.25. The maximum Gasteiger partial charge on any atom is 0.416 e. The van der Waals surface area contributed by atoms with E-state index in [1.54, 1.807) is 42.5 Å². The zero-order chi connectivity index (χ0) is 24.3. The van der Waals surface area contributed by atoms with Crippen molar-refractivity contribution in [3.63, 3.8) is 0 Å². The van der Waals surface area contributed by atoms with E-state index in [0.29, 0.717) is 28.9 Å². The predicted octanol–water partition coefficient (Wildman–Crippen LogP) is 5.25. The summed E-state index contributed by atoms with van der Waals surface area (Å²) in [6.07, 6.45) is -4.10. The first-order valence-corrected chi connectivity index (χ1v) is 10.4. The molecule has 34 heavy (non-hydrogen) atoms. The van der Waals surface area contributed by atoms with E-state index in [1.807, 2.05) is 0 Å². The first kappa shape index (κ1) is 23.0. The molecule has 0 aliphatic carbocycles. The van der Waals surface area contributed by atoms with Crippen molar-refractivity contribution < 1.29 is 22.4 Å². The Kier molecular flexibility index (Phi) is 6.36. The van der Waals surface area contributed by atoms with Crippen molar-refractivity contribution in [1.29, 1.82) is 0 Å². The van der Waals surface area contributed by atoms with Crippen LogP contribution in [-0.4, -0.2) is 22.2 Å². The van der Waals surface area contributed by atoms with Crippen LogP contribution in [-0.2, 0) is 12.6 Å². The summed E-state index contributed by atoms with van der Waals surface area (Å²) < 4.78 is 54.1. The maximum atomic E-state index is 13.7. The van der Waals surface area contributed by atoms with Gasteiger partial charge in [-0.1, -0.05) is 30.3 Å². The van der Waals surface area contributed by atoms with E-state index in [9.17, 15) is 22.4 Å². The van der Waals surface area contributed by atoms with Crippen LogP contribution < -0.4 is 11.1 Å². The SMILES string of the molecule is Nc1cc(-c2cccc(C(F)(F)F)c2)nn1-c1ccc(C(=O)NCCc2ccccc2F)cc1. The van der Waals surface area contributed by atoms with Gasteiger partial charge in [-0.05, 0) is 54.4 Å². The van der Waals surface area contributed by atoms with Crippen LogP contribution in [0, 0.1) is 5.82 Å². The molecule has 0 spiro atoms. The van der Waals surface area contributed by atoms with Crippen LogP contribution >= 0.6 is 0 Å². The number of nitrogens with zero attached hydrogens (tertiary/aromatic N) is 2. The molecule has 0 bridgehead atoms. The number of halogens is 4. The minimum atomic E-state index is -4.46. The third-order valence-electron chi connectivity index (χ3n) is 5.23. The molecule has 0 atom stereocenters. The molecule has 0 saturated carbocycles. The lowest BCUT2D eigenvalue weighted by atomic mass is 10.1. The zero-order valence-electron chi connectivity index (χ0n) is 17.8. The fourth-order valence-corrected chi connectivity index (χ4v) is 3.47. The molecule has 1 aromatic heterocycles. The van der Waals surface area contributed by atoms with Gasteiger partial charge in [-0.15, -0.1) is 0 Å². The first-order chi connectivity index (χ1) is 16.2. The van der Waals surface area contributed by atoms with E-state index in [-0.39, 0.29) is 29.7 Å². The number of anilines is 1. The topological polar surface area (TPSA) is 72.9 Å². The maximum absolute atomic E-state index is 13.7. The summed E-state index contributed by atoms with van der Waals surface area (Å²) in [6, 6.07) is 19.1. The summed E-state index contributed by atoms with van der Waals surface area (Å²) in [4.78, 5) is 12.4. The Balaban J connectivity index is 1.45. The fraction of sp³-hybridized carbons (Fsp3) is 0.120.